The van der Waals surface area contributed by atoms with Gasteiger partial charge in [0.15, 0.2) is 12.6 Å². The third kappa shape index (κ3) is 13.0. The summed E-state index contributed by atoms with van der Waals surface area (Å²) in [5.41, 5.74) is 0. The van der Waals surface area contributed by atoms with Gasteiger partial charge in [0, 0.05) is 0 Å². The highest BCUT2D eigenvalue weighted by Gasteiger charge is 2.24. The minimum atomic E-state index is -1.74. The van der Waals surface area contributed by atoms with Crippen LogP contribution < -0.4 is 0 Å². The lowest BCUT2D eigenvalue weighted by atomic mass is 10.0. The zero-order chi connectivity index (χ0) is 18.4. The van der Waals surface area contributed by atoms with Gasteiger partial charge in [0.2, 0.25) is 0 Å². The Morgan fingerprint density at radius 2 is 1.13 bits per heavy atom. The Balaban J connectivity index is 0. The summed E-state index contributed by atoms with van der Waals surface area (Å²) in [5, 5.41) is 51.3. The summed E-state index contributed by atoms with van der Waals surface area (Å²) in [6.07, 6.45) is 1.63. The molecule has 0 rings (SSSR count). The van der Waals surface area contributed by atoms with Crippen molar-refractivity contribution in [3.05, 3.63) is 0 Å². The monoisotopic (exact) mass is 338 g/mol. The number of aliphatic hydroxyl groups is 4. The second kappa shape index (κ2) is 14.4. The summed E-state index contributed by atoms with van der Waals surface area (Å²) in [6.45, 7) is 3.86. The van der Waals surface area contributed by atoms with Gasteiger partial charge in [-0.25, -0.2) is 0 Å². The van der Waals surface area contributed by atoms with E-state index in [1.807, 2.05) is 0 Å². The van der Waals surface area contributed by atoms with Crippen molar-refractivity contribution in [3.8, 4) is 0 Å². The molecule has 2 unspecified atom stereocenters. The molecule has 6 N–H and O–H groups in total. The molecule has 2 atom stereocenters. The van der Waals surface area contributed by atoms with Crippen LogP contribution in [0.5, 0.6) is 0 Å². The fourth-order valence-electron chi connectivity index (χ4n) is 1.90. The SMILES string of the molecule is CCCC(C(=O)O)C(O)O.CCCCCCC(C(=O)O)C(O)O. The van der Waals surface area contributed by atoms with Gasteiger partial charge in [-0.05, 0) is 12.8 Å². The number of carbonyl (C=O) groups is 2. The normalized spacial score (nSPS) is 13.4. The molecule has 0 aliphatic rings. The van der Waals surface area contributed by atoms with E-state index in [1.54, 1.807) is 6.92 Å². The molecule has 0 radical (unpaired) electrons. The van der Waals surface area contributed by atoms with E-state index in [1.165, 1.54) is 0 Å². The lowest BCUT2D eigenvalue weighted by molar-refractivity contribution is -0.160. The molecule has 8 nitrogen and oxygen atoms in total. The van der Waals surface area contributed by atoms with E-state index in [9.17, 15) is 9.59 Å². The van der Waals surface area contributed by atoms with Crippen LogP contribution in [0.3, 0.4) is 0 Å². The second-order valence-electron chi connectivity index (χ2n) is 5.35. The third-order valence-corrected chi connectivity index (χ3v) is 3.32. The van der Waals surface area contributed by atoms with Gasteiger partial charge in [0.05, 0.1) is 0 Å². The van der Waals surface area contributed by atoms with E-state index in [0.717, 1.165) is 25.7 Å². The Morgan fingerprint density at radius 1 is 0.696 bits per heavy atom. The van der Waals surface area contributed by atoms with Gasteiger partial charge in [0.25, 0.3) is 0 Å². The Hall–Kier alpha value is -1.22. The average molecular weight is 338 g/mol. The number of aliphatic hydroxyl groups excluding tert-OH is 2. The quantitative estimate of drug-likeness (QED) is 0.238. The van der Waals surface area contributed by atoms with Crippen LogP contribution in [0.4, 0.5) is 0 Å². The summed E-state index contributed by atoms with van der Waals surface area (Å²) < 4.78 is 0. The Bertz CT molecular complexity index is 317. The molecule has 0 aliphatic carbocycles. The van der Waals surface area contributed by atoms with Crippen molar-refractivity contribution in [2.75, 3.05) is 0 Å². The van der Waals surface area contributed by atoms with Gasteiger partial charge in [-0.1, -0.05) is 46.0 Å². The molecule has 0 amide bonds. The fraction of sp³-hybridized carbons (Fsp3) is 0.867. The van der Waals surface area contributed by atoms with Crippen LogP contribution in [0.15, 0.2) is 0 Å². The van der Waals surface area contributed by atoms with Crippen molar-refractivity contribution < 1.29 is 40.2 Å². The molecule has 8 heteroatoms. The number of aliphatic carboxylic acids is 2. The van der Waals surface area contributed by atoms with Crippen molar-refractivity contribution in [1.29, 1.82) is 0 Å². The van der Waals surface area contributed by atoms with Crippen molar-refractivity contribution in [1.82, 2.24) is 0 Å². The number of rotatable bonds is 11. The molecule has 0 saturated heterocycles. The minimum absolute atomic E-state index is 0.299. The molecule has 0 aliphatic heterocycles. The summed E-state index contributed by atoms with van der Waals surface area (Å²) in [7, 11) is 0. The molecule has 0 fully saturated rings. The van der Waals surface area contributed by atoms with Crippen LogP contribution in [0, 0.1) is 11.8 Å². The molecule has 0 spiro atoms. The van der Waals surface area contributed by atoms with Crippen LogP contribution >= 0.6 is 0 Å². The highest BCUT2D eigenvalue weighted by atomic mass is 16.5. The van der Waals surface area contributed by atoms with Gasteiger partial charge in [-0.15, -0.1) is 0 Å². The van der Waals surface area contributed by atoms with Gasteiger partial charge in [-0.2, -0.15) is 0 Å². The molecule has 0 bridgehead atoms. The summed E-state index contributed by atoms with van der Waals surface area (Å²) in [6, 6.07) is 0. The van der Waals surface area contributed by atoms with Crippen LogP contribution in [0.25, 0.3) is 0 Å². The maximum Gasteiger partial charge on any atom is 0.311 e. The molecule has 0 aromatic carbocycles. The van der Waals surface area contributed by atoms with E-state index < -0.39 is 36.4 Å². The van der Waals surface area contributed by atoms with E-state index in [-0.39, 0.29) is 0 Å². The van der Waals surface area contributed by atoms with Crippen LogP contribution in [0.1, 0.15) is 58.8 Å². The van der Waals surface area contributed by atoms with Crippen LogP contribution in [-0.4, -0.2) is 55.2 Å². The molecule has 0 heterocycles. The number of hydrogen-bond donors (Lipinski definition) is 6. The van der Waals surface area contributed by atoms with E-state index in [0.29, 0.717) is 19.3 Å². The second-order valence-corrected chi connectivity index (χ2v) is 5.35. The molecule has 0 saturated carbocycles. The van der Waals surface area contributed by atoms with Crippen LogP contribution in [-0.2, 0) is 9.59 Å². The maximum absolute atomic E-state index is 10.5. The van der Waals surface area contributed by atoms with Crippen molar-refractivity contribution in [2.45, 2.75) is 71.4 Å². The first-order valence-electron chi connectivity index (χ1n) is 7.86. The summed E-state index contributed by atoms with van der Waals surface area (Å²) in [4.78, 5) is 20.7. The first-order valence-corrected chi connectivity index (χ1v) is 7.86. The van der Waals surface area contributed by atoms with Gasteiger partial charge in [-0.3, -0.25) is 9.59 Å². The van der Waals surface area contributed by atoms with Gasteiger partial charge >= 0.3 is 11.9 Å². The maximum atomic E-state index is 10.5. The number of carboxylic acid groups (broad SMARTS) is 2. The zero-order valence-electron chi connectivity index (χ0n) is 13.8. The highest BCUT2D eigenvalue weighted by Crippen LogP contribution is 2.13. The topological polar surface area (TPSA) is 156 Å². The molecule has 23 heavy (non-hydrogen) atoms. The molecular formula is C15H30O8. The largest absolute Gasteiger partial charge is 0.481 e. The molecule has 138 valence electrons. The minimum Gasteiger partial charge on any atom is -0.481 e. The fourth-order valence-corrected chi connectivity index (χ4v) is 1.90. The van der Waals surface area contributed by atoms with E-state index in [2.05, 4.69) is 6.92 Å². The molecular weight excluding hydrogens is 308 g/mol. The predicted molar refractivity (Wildman–Crippen MR) is 82.4 cm³/mol. The van der Waals surface area contributed by atoms with Crippen molar-refractivity contribution in [3.63, 3.8) is 0 Å². The van der Waals surface area contributed by atoms with Gasteiger partial charge < -0.3 is 30.6 Å². The van der Waals surface area contributed by atoms with E-state index >= 15 is 0 Å². The first-order chi connectivity index (χ1) is 10.7. The van der Waals surface area contributed by atoms with Gasteiger partial charge in [0.1, 0.15) is 11.8 Å². The van der Waals surface area contributed by atoms with Crippen LogP contribution in [0.2, 0.25) is 0 Å². The number of unbranched alkanes of at least 4 members (excludes halogenated alkanes) is 3. The van der Waals surface area contributed by atoms with Crippen molar-refractivity contribution >= 4 is 11.9 Å². The summed E-state index contributed by atoms with van der Waals surface area (Å²) >= 11 is 0. The highest BCUT2D eigenvalue weighted by molar-refractivity contribution is 5.70. The average Bonchev–Trinajstić information content (AvgIpc) is 2.43. The third-order valence-electron chi connectivity index (χ3n) is 3.32. The summed E-state index contributed by atoms with van der Waals surface area (Å²) in [5.74, 6) is -4.36. The smallest absolute Gasteiger partial charge is 0.311 e. The number of hydrogen-bond acceptors (Lipinski definition) is 6. The lowest BCUT2D eigenvalue weighted by Gasteiger charge is -2.13. The zero-order valence-corrected chi connectivity index (χ0v) is 13.8. The van der Waals surface area contributed by atoms with Crippen molar-refractivity contribution in [2.24, 2.45) is 11.8 Å². The Morgan fingerprint density at radius 3 is 1.39 bits per heavy atom. The Kier molecular flexibility index (Phi) is 15.0. The predicted octanol–water partition coefficient (Wildman–Crippen LogP) is 0.766. The van der Waals surface area contributed by atoms with E-state index in [4.69, 9.17) is 30.6 Å². The lowest BCUT2D eigenvalue weighted by Crippen LogP contribution is -2.27. The Labute approximate surface area is 136 Å². The molecule has 0 aromatic heterocycles. The first kappa shape index (κ1) is 24.0. The standard InChI is InChI=1S/C9H18O4.C6H12O4/c1-2-3-4-5-6-7(8(10)11)9(12)13;1-2-3-4(5(7)8)6(9)10/h7-8,10-11H,2-6H2,1H3,(H,12,13);4-5,7-8H,2-3H2,1H3,(H,9,10). The number of carboxylic acids is 2. The molecule has 0 aromatic rings.